The number of nitrogens with zero attached hydrogens (tertiary/aromatic N) is 1. The van der Waals surface area contributed by atoms with E-state index in [4.69, 9.17) is 0 Å². The molecule has 0 heterocycles. The molecule has 0 aromatic rings. The lowest BCUT2D eigenvalue weighted by molar-refractivity contribution is 0.255. The molecule has 0 fully saturated rings. The Morgan fingerprint density at radius 3 is 1.11 bits per heavy atom. The van der Waals surface area contributed by atoms with Crippen molar-refractivity contribution in [3.05, 3.63) is 0 Å². The van der Waals surface area contributed by atoms with Gasteiger partial charge in [0.05, 0.1) is 0 Å². The van der Waals surface area contributed by atoms with E-state index in [1.807, 2.05) is 0 Å². The van der Waals surface area contributed by atoms with Gasteiger partial charge in [-0.2, -0.15) is 0 Å². The van der Waals surface area contributed by atoms with Crippen LogP contribution < -0.4 is 5.32 Å². The SMILES string of the molecule is CCCCCCCCCCCC(C)NCCN(CCCCCCCCCC)CCCCCCCCCC. The Bertz CT molecular complexity index is 377. The summed E-state index contributed by atoms with van der Waals surface area (Å²) >= 11 is 0. The van der Waals surface area contributed by atoms with Crippen molar-refractivity contribution in [1.29, 1.82) is 0 Å². The number of nitrogens with one attached hydrogen (secondary N) is 1. The predicted molar refractivity (Wildman–Crippen MR) is 171 cm³/mol. The van der Waals surface area contributed by atoms with Crippen molar-refractivity contribution >= 4 is 0 Å². The van der Waals surface area contributed by atoms with Crippen LogP contribution in [0.15, 0.2) is 0 Å². The van der Waals surface area contributed by atoms with E-state index in [0.717, 1.165) is 0 Å². The van der Waals surface area contributed by atoms with Crippen LogP contribution in [0, 0.1) is 0 Å². The fraction of sp³-hybridized carbons (Fsp3) is 1.00. The molecule has 0 aromatic carbocycles. The van der Waals surface area contributed by atoms with E-state index in [2.05, 4.69) is 37.9 Å². The van der Waals surface area contributed by atoms with Gasteiger partial charge in [-0.1, -0.05) is 168 Å². The molecule has 37 heavy (non-hydrogen) atoms. The van der Waals surface area contributed by atoms with E-state index in [1.165, 1.54) is 193 Å². The summed E-state index contributed by atoms with van der Waals surface area (Å²) in [7, 11) is 0. The summed E-state index contributed by atoms with van der Waals surface area (Å²) < 4.78 is 0. The van der Waals surface area contributed by atoms with Crippen LogP contribution in [-0.2, 0) is 0 Å². The van der Waals surface area contributed by atoms with Gasteiger partial charge in [0.1, 0.15) is 0 Å². The van der Waals surface area contributed by atoms with Crippen molar-refractivity contribution in [3.8, 4) is 0 Å². The highest BCUT2D eigenvalue weighted by atomic mass is 15.1. The molecule has 0 radical (unpaired) electrons. The van der Waals surface area contributed by atoms with Crippen LogP contribution in [0.3, 0.4) is 0 Å². The molecule has 0 saturated carbocycles. The number of hydrogen-bond donors (Lipinski definition) is 1. The van der Waals surface area contributed by atoms with E-state index < -0.39 is 0 Å². The topological polar surface area (TPSA) is 15.3 Å². The standard InChI is InChI=1S/C35H74N2/c1-5-8-11-14-17-20-21-24-27-30-35(4)36-31-34-37(32-28-25-22-18-15-12-9-6-2)33-29-26-23-19-16-13-10-7-3/h35-36H,5-34H2,1-4H3. The highest BCUT2D eigenvalue weighted by Gasteiger charge is 2.07. The first kappa shape index (κ1) is 36.9. The number of unbranched alkanes of at least 4 members (excludes halogenated alkanes) is 22. The van der Waals surface area contributed by atoms with Gasteiger partial charge in [0, 0.05) is 19.1 Å². The molecule has 224 valence electrons. The van der Waals surface area contributed by atoms with E-state index in [-0.39, 0.29) is 0 Å². The minimum absolute atomic E-state index is 0.678. The Hall–Kier alpha value is -0.0800. The summed E-state index contributed by atoms with van der Waals surface area (Å²) in [6.45, 7) is 14.4. The molecule has 0 aliphatic carbocycles. The third-order valence-corrected chi connectivity index (χ3v) is 8.32. The monoisotopic (exact) mass is 523 g/mol. The summed E-state index contributed by atoms with van der Waals surface area (Å²) in [4.78, 5) is 2.78. The van der Waals surface area contributed by atoms with Gasteiger partial charge in [-0.15, -0.1) is 0 Å². The van der Waals surface area contributed by atoms with Crippen LogP contribution in [0.4, 0.5) is 0 Å². The fourth-order valence-corrected chi connectivity index (χ4v) is 5.61. The van der Waals surface area contributed by atoms with Crippen LogP contribution in [0.25, 0.3) is 0 Å². The third-order valence-electron chi connectivity index (χ3n) is 8.32. The zero-order valence-corrected chi connectivity index (χ0v) is 26.7. The van der Waals surface area contributed by atoms with Gasteiger partial charge in [0.15, 0.2) is 0 Å². The maximum Gasteiger partial charge on any atom is 0.0107 e. The summed E-state index contributed by atoms with van der Waals surface area (Å²) in [5.41, 5.74) is 0. The Balaban J connectivity index is 3.95. The summed E-state index contributed by atoms with van der Waals surface area (Å²) in [6, 6.07) is 0.678. The highest BCUT2D eigenvalue weighted by Crippen LogP contribution is 2.13. The summed E-state index contributed by atoms with van der Waals surface area (Å²) in [6.07, 6.45) is 37.1. The number of rotatable bonds is 32. The molecule has 0 rings (SSSR count). The number of hydrogen-bond acceptors (Lipinski definition) is 2. The summed E-state index contributed by atoms with van der Waals surface area (Å²) in [5.74, 6) is 0. The van der Waals surface area contributed by atoms with Gasteiger partial charge in [-0.05, 0) is 39.3 Å². The maximum atomic E-state index is 3.86. The predicted octanol–water partition coefficient (Wildman–Crippen LogP) is 11.5. The van der Waals surface area contributed by atoms with E-state index in [0.29, 0.717) is 6.04 Å². The van der Waals surface area contributed by atoms with Crippen molar-refractivity contribution in [2.45, 2.75) is 201 Å². The average Bonchev–Trinajstić information content (AvgIpc) is 2.90. The van der Waals surface area contributed by atoms with Crippen LogP contribution in [-0.4, -0.2) is 37.1 Å². The molecule has 0 amide bonds. The molecule has 0 bridgehead atoms. The first-order valence-electron chi connectivity index (χ1n) is 17.7. The second-order valence-corrected chi connectivity index (χ2v) is 12.3. The van der Waals surface area contributed by atoms with Crippen LogP contribution in [0.1, 0.15) is 195 Å². The Morgan fingerprint density at radius 2 is 0.730 bits per heavy atom. The second kappa shape index (κ2) is 32.1. The Morgan fingerprint density at radius 1 is 0.405 bits per heavy atom. The van der Waals surface area contributed by atoms with Crippen molar-refractivity contribution in [2.75, 3.05) is 26.2 Å². The fourth-order valence-electron chi connectivity index (χ4n) is 5.61. The van der Waals surface area contributed by atoms with Gasteiger partial charge in [-0.25, -0.2) is 0 Å². The van der Waals surface area contributed by atoms with Gasteiger partial charge in [0.2, 0.25) is 0 Å². The third kappa shape index (κ3) is 30.3. The van der Waals surface area contributed by atoms with Crippen LogP contribution in [0.5, 0.6) is 0 Å². The highest BCUT2D eigenvalue weighted by molar-refractivity contribution is 4.66. The summed E-state index contributed by atoms with van der Waals surface area (Å²) in [5, 5.41) is 3.86. The van der Waals surface area contributed by atoms with Gasteiger partial charge < -0.3 is 10.2 Å². The normalized spacial score (nSPS) is 12.6. The quantitative estimate of drug-likeness (QED) is 0.0883. The van der Waals surface area contributed by atoms with E-state index >= 15 is 0 Å². The van der Waals surface area contributed by atoms with Crippen molar-refractivity contribution in [2.24, 2.45) is 0 Å². The molecule has 0 saturated heterocycles. The Kier molecular flexibility index (Phi) is 32.1. The minimum Gasteiger partial charge on any atom is -0.313 e. The molecule has 2 nitrogen and oxygen atoms in total. The molecule has 0 aliphatic heterocycles. The smallest absolute Gasteiger partial charge is 0.0107 e. The lowest BCUT2D eigenvalue weighted by atomic mass is 10.0. The first-order chi connectivity index (χ1) is 18.2. The lowest BCUT2D eigenvalue weighted by Gasteiger charge is -2.24. The lowest BCUT2D eigenvalue weighted by Crippen LogP contribution is -2.37. The molecule has 0 spiro atoms. The van der Waals surface area contributed by atoms with Crippen LogP contribution >= 0.6 is 0 Å². The molecular weight excluding hydrogens is 448 g/mol. The van der Waals surface area contributed by atoms with Gasteiger partial charge >= 0.3 is 0 Å². The van der Waals surface area contributed by atoms with E-state index in [9.17, 15) is 0 Å². The Labute approximate surface area is 236 Å². The average molecular weight is 523 g/mol. The molecule has 0 aromatic heterocycles. The molecule has 1 N–H and O–H groups in total. The van der Waals surface area contributed by atoms with Crippen molar-refractivity contribution in [3.63, 3.8) is 0 Å². The molecule has 0 aliphatic rings. The maximum absolute atomic E-state index is 3.86. The van der Waals surface area contributed by atoms with Crippen LogP contribution in [0.2, 0.25) is 0 Å². The largest absolute Gasteiger partial charge is 0.313 e. The minimum atomic E-state index is 0.678. The van der Waals surface area contributed by atoms with E-state index in [1.54, 1.807) is 0 Å². The van der Waals surface area contributed by atoms with Crippen molar-refractivity contribution in [1.82, 2.24) is 10.2 Å². The van der Waals surface area contributed by atoms with Gasteiger partial charge in [-0.3, -0.25) is 0 Å². The molecule has 1 unspecified atom stereocenters. The van der Waals surface area contributed by atoms with Crippen molar-refractivity contribution < 1.29 is 0 Å². The zero-order valence-electron chi connectivity index (χ0n) is 26.7. The second-order valence-electron chi connectivity index (χ2n) is 12.3. The zero-order chi connectivity index (χ0) is 27.1. The van der Waals surface area contributed by atoms with Gasteiger partial charge in [0.25, 0.3) is 0 Å². The molecule has 2 heteroatoms. The molecular formula is C35H74N2. The first-order valence-corrected chi connectivity index (χ1v) is 17.7. The molecule has 1 atom stereocenters.